The normalized spacial score (nSPS) is 13.5. The minimum absolute atomic E-state index is 0.725. The molecule has 0 spiro atoms. The average molecular weight is 311 g/mol. The van der Waals surface area contributed by atoms with E-state index in [1.54, 1.807) is 0 Å². The van der Waals surface area contributed by atoms with Gasteiger partial charge in [0.05, 0.1) is 0 Å². The zero-order valence-corrected chi connectivity index (χ0v) is 14.2. The molecule has 1 aromatic heterocycles. The quantitative estimate of drug-likeness (QED) is 0.831. The molecule has 1 aliphatic heterocycles. The monoisotopic (exact) mass is 311 g/mol. The number of benzene rings is 1. The fourth-order valence-electron chi connectivity index (χ4n) is 2.94. The molecule has 1 aromatic carbocycles. The van der Waals surface area contributed by atoms with Gasteiger partial charge in [0.15, 0.2) is 0 Å². The van der Waals surface area contributed by atoms with Crippen molar-refractivity contribution in [1.82, 2.24) is 14.9 Å². The van der Waals surface area contributed by atoms with Crippen molar-refractivity contribution in [3.8, 4) is 0 Å². The summed E-state index contributed by atoms with van der Waals surface area (Å²) in [5.41, 5.74) is 3.66. The Hall–Kier alpha value is -2.14. The Morgan fingerprint density at radius 3 is 2.87 bits per heavy atom. The van der Waals surface area contributed by atoms with Crippen molar-refractivity contribution in [3.63, 3.8) is 0 Å². The van der Waals surface area contributed by atoms with Crippen LogP contribution in [0.5, 0.6) is 0 Å². The second kappa shape index (κ2) is 6.96. The van der Waals surface area contributed by atoms with Gasteiger partial charge in [0, 0.05) is 30.5 Å². The van der Waals surface area contributed by atoms with Crippen LogP contribution in [-0.2, 0) is 6.42 Å². The Balaban J connectivity index is 1.74. The van der Waals surface area contributed by atoms with Gasteiger partial charge >= 0.3 is 0 Å². The Morgan fingerprint density at radius 1 is 1.22 bits per heavy atom. The van der Waals surface area contributed by atoms with Crippen molar-refractivity contribution >= 4 is 17.5 Å². The predicted octanol–water partition coefficient (Wildman–Crippen LogP) is 2.84. The lowest BCUT2D eigenvalue weighted by molar-refractivity contribution is 0.405. The van der Waals surface area contributed by atoms with Gasteiger partial charge in [-0.3, -0.25) is 0 Å². The van der Waals surface area contributed by atoms with E-state index in [1.807, 2.05) is 6.92 Å². The van der Waals surface area contributed by atoms with Crippen LogP contribution in [0.1, 0.15) is 17.7 Å². The maximum atomic E-state index is 4.72. The number of aromatic nitrogens is 2. The van der Waals surface area contributed by atoms with E-state index in [1.165, 1.54) is 11.3 Å². The molecule has 122 valence electrons. The van der Waals surface area contributed by atoms with Crippen LogP contribution in [0.4, 0.5) is 17.5 Å². The van der Waals surface area contributed by atoms with E-state index in [0.29, 0.717) is 0 Å². The maximum absolute atomic E-state index is 4.72. The number of anilines is 3. The molecule has 0 saturated carbocycles. The number of aryl methyl sites for hydroxylation is 1. The molecule has 0 fully saturated rings. The summed E-state index contributed by atoms with van der Waals surface area (Å²) in [6.45, 7) is 4.96. The highest BCUT2D eigenvalue weighted by molar-refractivity contribution is 5.68. The Kier molecular flexibility index (Phi) is 4.76. The molecule has 5 heteroatoms. The molecular weight excluding hydrogens is 286 g/mol. The molecule has 5 nitrogen and oxygen atoms in total. The van der Waals surface area contributed by atoms with Crippen molar-refractivity contribution in [2.45, 2.75) is 19.8 Å². The van der Waals surface area contributed by atoms with Crippen molar-refractivity contribution in [3.05, 3.63) is 41.6 Å². The lowest BCUT2D eigenvalue weighted by atomic mass is 10.2. The summed E-state index contributed by atoms with van der Waals surface area (Å²) in [6, 6.07) is 10.6. The molecule has 2 aromatic rings. The number of hydrogen-bond acceptors (Lipinski definition) is 5. The molecule has 0 radical (unpaired) electrons. The van der Waals surface area contributed by atoms with Gasteiger partial charge in [-0.05, 0) is 52.0 Å². The number of fused-ring (bicyclic) bond motifs is 1. The van der Waals surface area contributed by atoms with E-state index in [2.05, 4.69) is 64.5 Å². The van der Waals surface area contributed by atoms with Gasteiger partial charge < -0.3 is 15.1 Å². The topological polar surface area (TPSA) is 44.3 Å². The fourth-order valence-corrected chi connectivity index (χ4v) is 2.94. The largest absolute Gasteiger partial charge is 0.354 e. The predicted molar refractivity (Wildman–Crippen MR) is 95.6 cm³/mol. The molecule has 0 bridgehead atoms. The molecule has 3 rings (SSSR count). The van der Waals surface area contributed by atoms with E-state index < -0.39 is 0 Å². The Labute approximate surface area is 138 Å². The number of para-hydroxylation sites is 1. The summed E-state index contributed by atoms with van der Waals surface area (Å²) in [5.74, 6) is 1.71. The summed E-state index contributed by atoms with van der Waals surface area (Å²) in [6.07, 6.45) is 2.15. The number of hydrogen-bond donors (Lipinski definition) is 1. The molecule has 2 heterocycles. The van der Waals surface area contributed by atoms with Gasteiger partial charge in [-0.2, -0.15) is 4.98 Å². The van der Waals surface area contributed by atoms with Gasteiger partial charge in [0.1, 0.15) is 5.82 Å². The summed E-state index contributed by atoms with van der Waals surface area (Å²) in [7, 11) is 4.18. The van der Waals surface area contributed by atoms with Crippen LogP contribution in [0, 0.1) is 6.92 Å². The molecule has 0 atom stereocenters. The zero-order valence-electron chi connectivity index (χ0n) is 14.2. The molecule has 1 aliphatic rings. The van der Waals surface area contributed by atoms with E-state index in [9.17, 15) is 0 Å². The average Bonchev–Trinajstić information content (AvgIpc) is 2.95. The smallest absolute Gasteiger partial charge is 0.224 e. The second-order valence-electron chi connectivity index (χ2n) is 6.31. The first-order chi connectivity index (χ1) is 11.1. The maximum Gasteiger partial charge on any atom is 0.224 e. The molecule has 0 aliphatic carbocycles. The second-order valence-corrected chi connectivity index (χ2v) is 6.31. The van der Waals surface area contributed by atoms with Gasteiger partial charge in [-0.25, -0.2) is 4.98 Å². The third-order valence-electron chi connectivity index (χ3n) is 4.07. The number of nitrogens with one attached hydrogen (secondary N) is 1. The van der Waals surface area contributed by atoms with Crippen LogP contribution in [0.2, 0.25) is 0 Å². The van der Waals surface area contributed by atoms with E-state index in [0.717, 1.165) is 49.9 Å². The Morgan fingerprint density at radius 2 is 2.04 bits per heavy atom. The van der Waals surface area contributed by atoms with Gasteiger partial charge in [0.25, 0.3) is 0 Å². The molecule has 23 heavy (non-hydrogen) atoms. The summed E-state index contributed by atoms with van der Waals surface area (Å²) < 4.78 is 0. The van der Waals surface area contributed by atoms with Gasteiger partial charge in [-0.15, -0.1) is 0 Å². The summed E-state index contributed by atoms with van der Waals surface area (Å²) in [5, 5.41) is 3.35. The van der Waals surface area contributed by atoms with E-state index in [4.69, 9.17) is 4.98 Å². The number of nitrogens with zero attached hydrogens (tertiary/aromatic N) is 4. The van der Waals surface area contributed by atoms with Crippen LogP contribution in [0.3, 0.4) is 0 Å². The van der Waals surface area contributed by atoms with Crippen molar-refractivity contribution in [2.75, 3.05) is 43.9 Å². The van der Waals surface area contributed by atoms with Crippen LogP contribution in [0.15, 0.2) is 30.3 Å². The summed E-state index contributed by atoms with van der Waals surface area (Å²) >= 11 is 0. The molecule has 1 N–H and O–H groups in total. The standard InChI is InChI=1S/C18H25N5/c1-14-13-17(21-18(20-14)19-10-6-11-22(2)3)23-12-9-15-7-4-5-8-16(15)23/h4-5,7-8,13H,6,9-12H2,1-3H3,(H,19,20,21). The van der Waals surface area contributed by atoms with E-state index in [-0.39, 0.29) is 0 Å². The van der Waals surface area contributed by atoms with Crippen LogP contribution >= 0.6 is 0 Å². The van der Waals surface area contributed by atoms with Crippen LogP contribution in [0.25, 0.3) is 0 Å². The van der Waals surface area contributed by atoms with Crippen LogP contribution in [-0.4, -0.2) is 48.6 Å². The van der Waals surface area contributed by atoms with E-state index >= 15 is 0 Å². The lowest BCUT2D eigenvalue weighted by Crippen LogP contribution is -2.19. The number of rotatable bonds is 6. The first kappa shape index (κ1) is 15.7. The third-order valence-corrected chi connectivity index (χ3v) is 4.07. The molecular formula is C18H25N5. The van der Waals surface area contributed by atoms with Gasteiger partial charge in [0.2, 0.25) is 5.95 Å². The zero-order chi connectivity index (χ0) is 16.2. The molecule has 0 amide bonds. The molecule has 0 saturated heterocycles. The first-order valence-electron chi connectivity index (χ1n) is 8.23. The highest BCUT2D eigenvalue weighted by Gasteiger charge is 2.21. The minimum Gasteiger partial charge on any atom is -0.354 e. The van der Waals surface area contributed by atoms with Crippen molar-refractivity contribution < 1.29 is 0 Å². The third kappa shape index (κ3) is 3.79. The fraction of sp³-hybridized carbons (Fsp3) is 0.444. The van der Waals surface area contributed by atoms with Crippen LogP contribution < -0.4 is 10.2 Å². The highest BCUT2D eigenvalue weighted by Crippen LogP contribution is 2.33. The Bertz CT molecular complexity index is 668. The van der Waals surface area contributed by atoms with Crippen molar-refractivity contribution in [1.29, 1.82) is 0 Å². The summed E-state index contributed by atoms with van der Waals surface area (Å²) in [4.78, 5) is 13.7. The van der Waals surface area contributed by atoms with Crippen molar-refractivity contribution in [2.24, 2.45) is 0 Å². The SMILES string of the molecule is Cc1cc(N2CCc3ccccc32)nc(NCCCN(C)C)n1. The minimum atomic E-state index is 0.725. The highest BCUT2D eigenvalue weighted by atomic mass is 15.2. The lowest BCUT2D eigenvalue weighted by Gasteiger charge is -2.19. The molecule has 0 unspecified atom stereocenters. The first-order valence-corrected chi connectivity index (χ1v) is 8.23. The van der Waals surface area contributed by atoms with Gasteiger partial charge in [-0.1, -0.05) is 18.2 Å².